The van der Waals surface area contributed by atoms with Crippen LogP contribution in [-0.4, -0.2) is 31.2 Å². The lowest BCUT2D eigenvalue weighted by atomic mass is 10.3. The molecule has 9 heteroatoms. The zero-order valence-electron chi connectivity index (χ0n) is 9.20. The van der Waals surface area contributed by atoms with Crippen molar-refractivity contribution < 1.29 is 13.3 Å². The zero-order chi connectivity index (χ0) is 13.9. The van der Waals surface area contributed by atoms with Gasteiger partial charge in [-0.3, -0.25) is 10.1 Å². The molecular weight excluding hydrogens is 282 g/mol. The number of hydrogen-bond acceptors (Lipinski definition) is 5. The number of nitriles is 1. The molecule has 0 aromatic heterocycles. The second-order valence-electron chi connectivity index (χ2n) is 3.29. The maximum Gasteiger partial charge on any atom is 0.270 e. The first kappa shape index (κ1) is 14.4. The standard InChI is InChI=1S/C9H8ClN3O4S/c1-12(5-4-11)18(16,17)9-6-7(13(14)15)2-3-8(9)10/h2-3,6H,5H2,1H3. The molecule has 0 atom stereocenters. The highest BCUT2D eigenvalue weighted by Gasteiger charge is 2.25. The van der Waals surface area contributed by atoms with E-state index in [4.69, 9.17) is 16.9 Å². The average Bonchev–Trinajstić information content (AvgIpc) is 2.29. The van der Waals surface area contributed by atoms with Crippen molar-refractivity contribution in [2.45, 2.75) is 4.90 Å². The number of benzene rings is 1. The van der Waals surface area contributed by atoms with Crippen LogP contribution >= 0.6 is 11.6 Å². The minimum Gasteiger partial charge on any atom is -0.258 e. The Morgan fingerprint density at radius 1 is 1.56 bits per heavy atom. The lowest BCUT2D eigenvalue weighted by Gasteiger charge is -2.14. The summed E-state index contributed by atoms with van der Waals surface area (Å²) in [6, 6.07) is 4.77. The quantitative estimate of drug-likeness (QED) is 0.473. The summed E-state index contributed by atoms with van der Waals surface area (Å²) in [5, 5.41) is 18.9. The summed E-state index contributed by atoms with van der Waals surface area (Å²) in [7, 11) is -2.83. The minimum absolute atomic E-state index is 0.134. The third-order valence-electron chi connectivity index (χ3n) is 2.11. The van der Waals surface area contributed by atoms with Crippen molar-refractivity contribution in [1.82, 2.24) is 4.31 Å². The second-order valence-corrected chi connectivity index (χ2v) is 5.71. The van der Waals surface area contributed by atoms with Crippen molar-refractivity contribution in [3.8, 4) is 6.07 Å². The Balaban J connectivity index is 3.37. The van der Waals surface area contributed by atoms with Crippen molar-refractivity contribution in [3.05, 3.63) is 33.3 Å². The van der Waals surface area contributed by atoms with Crippen LogP contribution in [0.1, 0.15) is 0 Å². The predicted octanol–water partition coefficient (Wildman–Crippen LogP) is 1.39. The number of nitro benzene ring substituents is 1. The fraction of sp³-hybridized carbons (Fsp3) is 0.222. The summed E-state index contributed by atoms with van der Waals surface area (Å²) in [5.41, 5.74) is -0.386. The molecule has 0 spiro atoms. The Kier molecular flexibility index (Phi) is 4.24. The number of non-ortho nitro benzene ring substituents is 1. The van der Waals surface area contributed by atoms with Gasteiger partial charge in [-0.15, -0.1) is 0 Å². The SMILES string of the molecule is CN(CC#N)S(=O)(=O)c1cc([N+](=O)[O-])ccc1Cl. The van der Waals surface area contributed by atoms with Crippen molar-refractivity contribution >= 4 is 27.3 Å². The van der Waals surface area contributed by atoms with Gasteiger partial charge in [0.1, 0.15) is 11.4 Å². The van der Waals surface area contributed by atoms with Crippen molar-refractivity contribution in [3.63, 3.8) is 0 Å². The summed E-state index contributed by atoms with van der Waals surface area (Å²) in [5.74, 6) is 0. The summed E-state index contributed by atoms with van der Waals surface area (Å²) >= 11 is 5.72. The number of nitro groups is 1. The van der Waals surface area contributed by atoms with E-state index in [-0.39, 0.29) is 17.3 Å². The molecule has 0 unspecified atom stereocenters. The zero-order valence-corrected chi connectivity index (χ0v) is 10.8. The topological polar surface area (TPSA) is 104 Å². The van der Waals surface area contributed by atoms with Crippen molar-refractivity contribution in [1.29, 1.82) is 5.26 Å². The third-order valence-corrected chi connectivity index (χ3v) is 4.39. The molecule has 0 aliphatic heterocycles. The van der Waals surface area contributed by atoms with Crippen LogP contribution in [-0.2, 0) is 10.0 Å². The molecule has 0 aliphatic carbocycles. The number of sulfonamides is 1. The smallest absolute Gasteiger partial charge is 0.258 e. The molecular formula is C9H8ClN3O4S. The number of hydrogen-bond donors (Lipinski definition) is 0. The summed E-state index contributed by atoms with van der Waals surface area (Å²) in [6.07, 6.45) is 0. The molecule has 0 N–H and O–H groups in total. The molecule has 1 aromatic rings. The lowest BCUT2D eigenvalue weighted by molar-refractivity contribution is -0.385. The first-order chi connectivity index (χ1) is 8.30. The van der Waals surface area contributed by atoms with Gasteiger partial charge in [0.25, 0.3) is 5.69 Å². The molecule has 0 bridgehead atoms. The van der Waals surface area contributed by atoms with Crippen LogP contribution in [0.3, 0.4) is 0 Å². The highest BCUT2D eigenvalue weighted by molar-refractivity contribution is 7.89. The van der Waals surface area contributed by atoms with Crippen LogP contribution in [0.15, 0.2) is 23.1 Å². The summed E-state index contributed by atoms with van der Waals surface area (Å²) < 4.78 is 24.7. The van der Waals surface area contributed by atoms with E-state index in [0.29, 0.717) is 0 Å². The molecule has 7 nitrogen and oxygen atoms in total. The van der Waals surface area contributed by atoms with E-state index in [1.165, 1.54) is 7.05 Å². The van der Waals surface area contributed by atoms with Crippen molar-refractivity contribution in [2.75, 3.05) is 13.6 Å². The predicted molar refractivity (Wildman–Crippen MR) is 63.5 cm³/mol. The molecule has 0 heterocycles. The Morgan fingerprint density at radius 2 is 2.17 bits per heavy atom. The molecule has 96 valence electrons. The van der Waals surface area contributed by atoms with Gasteiger partial charge in [-0.05, 0) is 6.07 Å². The first-order valence-corrected chi connectivity index (χ1v) is 6.39. The van der Waals surface area contributed by atoms with Gasteiger partial charge in [-0.2, -0.15) is 9.57 Å². The average molecular weight is 290 g/mol. The van der Waals surface area contributed by atoms with Crippen LogP contribution in [0.5, 0.6) is 0 Å². The maximum absolute atomic E-state index is 12.0. The molecule has 0 aliphatic rings. The fourth-order valence-corrected chi connectivity index (χ4v) is 2.71. The van der Waals surface area contributed by atoms with Gasteiger partial charge in [0.2, 0.25) is 10.0 Å². The molecule has 0 amide bonds. The molecule has 0 saturated heterocycles. The van der Waals surface area contributed by atoms with Gasteiger partial charge >= 0.3 is 0 Å². The molecule has 1 rings (SSSR count). The maximum atomic E-state index is 12.0. The number of rotatable bonds is 4. The van der Waals surface area contributed by atoms with Crippen LogP contribution in [0, 0.1) is 21.4 Å². The fourth-order valence-electron chi connectivity index (χ4n) is 1.16. The molecule has 18 heavy (non-hydrogen) atoms. The molecule has 1 aromatic carbocycles. The van der Waals surface area contributed by atoms with Gasteiger partial charge in [-0.1, -0.05) is 11.6 Å². The number of halogens is 1. The van der Waals surface area contributed by atoms with E-state index in [1.807, 2.05) is 0 Å². The number of nitrogens with zero attached hydrogens (tertiary/aromatic N) is 3. The van der Waals surface area contributed by atoms with E-state index < -0.39 is 19.8 Å². The van der Waals surface area contributed by atoms with Crippen LogP contribution in [0.2, 0.25) is 5.02 Å². The Morgan fingerprint density at radius 3 is 2.67 bits per heavy atom. The highest BCUT2D eigenvalue weighted by Crippen LogP contribution is 2.27. The van der Waals surface area contributed by atoms with Crippen molar-refractivity contribution in [2.24, 2.45) is 0 Å². The summed E-state index contributed by atoms with van der Waals surface area (Å²) in [4.78, 5) is 9.47. The highest BCUT2D eigenvalue weighted by atomic mass is 35.5. The van der Waals surface area contributed by atoms with E-state index >= 15 is 0 Å². The van der Waals surface area contributed by atoms with E-state index in [9.17, 15) is 18.5 Å². The molecule has 0 radical (unpaired) electrons. The van der Waals surface area contributed by atoms with E-state index in [1.54, 1.807) is 6.07 Å². The van der Waals surface area contributed by atoms with Crippen LogP contribution < -0.4 is 0 Å². The summed E-state index contributed by atoms with van der Waals surface area (Å²) in [6.45, 7) is -0.374. The van der Waals surface area contributed by atoms with Gasteiger partial charge in [-0.25, -0.2) is 8.42 Å². The van der Waals surface area contributed by atoms with E-state index in [2.05, 4.69) is 0 Å². The van der Waals surface area contributed by atoms with Gasteiger partial charge < -0.3 is 0 Å². The monoisotopic (exact) mass is 289 g/mol. The lowest BCUT2D eigenvalue weighted by Crippen LogP contribution is -2.27. The first-order valence-electron chi connectivity index (χ1n) is 4.58. The Bertz CT molecular complexity index is 623. The third kappa shape index (κ3) is 2.76. The van der Waals surface area contributed by atoms with Gasteiger partial charge in [0.05, 0.1) is 16.0 Å². The van der Waals surface area contributed by atoms with Crippen LogP contribution in [0.4, 0.5) is 5.69 Å². The van der Waals surface area contributed by atoms with Gasteiger partial charge in [0, 0.05) is 19.2 Å². The van der Waals surface area contributed by atoms with Crippen LogP contribution in [0.25, 0.3) is 0 Å². The normalized spacial score (nSPS) is 11.2. The Hall–Kier alpha value is -1.69. The largest absolute Gasteiger partial charge is 0.270 e. The Labute approximate surface area is 108 Å². The second kappa shape index (κ2) is 5.30. The molecule has 0 fully saturated rings. The van der Waals surface area contributed by atoms with Gasteiger partial charge in [0.15, 0.2) is 0 Å². The minimum atomic E-state index is -4.01. The molecule has 0 saturated carbocycles. The van der Waals surface area contributed by atoms with E-state index in [0.717, 1.165) is 22.5 Å².